The first-order valence-corrected chi connectivity index (χ1v) is 11.6. The van der Waals surface area contributed by atoms with Crippen molar-refractivity contribution in [1.29, 1.82) is 0 Å². The quantitative estimate of drug-likeness (QED) is 0.451. The minimum Gasteiger partial charge on any atom is -0.355 e. The van der Waals surface area contributed by atoms with E-state index in [1.807, 2.05) is 59.0 Å². The van der Waals surface area contributed by atoms with Gasteiger partial charge in [0.2, 0.25) is 11.7 Å². The molecule has 170 valence electrons. The molecule has 1 aliphatic rings. The van der Waals surface area contributed by atoms with Crippen LogP contribution in [-0.4, -0.2) is 56.2 Å². The molecule has 8 nitrogen and oxygen atoms in total. The molecule has 1 N–H and O–H groups in total. The zero-order chi connectivity index (χ0) is 22.6. The van der Waals surface area contributed by atoms with Crippen molar-refractivity contribution in [2.75, 3.05) is 26.2 Å². The van der Waals surface area contributed by atoms with Gasteiger partial charge in [-0.1, -0.05) is 42.5 Å². The number of benzene rings is 2. The normalized spacial score (nSPS) is 14.3. The van der Waals surface area contributed by atoms with Crippen molar-refractivity contribution in [3.05, 3.63) is 76.3 Å². The highest BCUT2D eigenvalue weighted by molar-refractivity contribution is 5.80. The molecule has 3 heterocycles. The topological polar surface area (TPSA) is 84.5 Å². The average molecular weight is 445 g/mol. The van der Waals surface area contributed by atoms with Gasteiger partial charge in [-0.2, -0.15) is 0 Å². The van der Waals surface area contributed by atoms with E-state index in [0.29, 0.717) is 42.9 Å². The number of carbonyl (C=O) groups is 1. The lowest BCUT2D eigenvalue weighted by Gasteiger charge is -2.14. The van der Waals surface area contributed by atoms with Gasteiger partial charge in [-0.3, -0.25) is 18.6 Å². The van der Waals surface area contributed by atoms with Crippen molar-refractivity contribution in [1.82, 2.24) is 29.4 Å². The number of carbonyl (C=O) groups excluding carboxylic acids is 1. The SMILES string of the molecule is O=C(CCc1nnc2n(Cc3ccccc3)c(=O)c3ccccc3n12)NCCN1CCCC1. The van der Waals surface area contributed by atoms with Crippen LogP contribution in [0.2, 0.25) is 0 Å². The number of hydrogen-bond donors (Lipinski definition) is 1. The second kappa shape index (κ2) is 9.54. The molecule has 33 heavy (non-hydrogen) atoms. The minimum atomic E-state index is -0.0967. The second-order valence-corrected chi connectivity index (χ2v) is 8.54. The standard InChI is InChI=1S/C25H28N6O2/c32-23(26-14-17-29-15-6-7-16-29)13-12-22-27-28-25-30(18-19-8-2-1-3-9-19)24(33)20-10-4-5-11-21(20)31(22)25/h1-5,8-11H,6-7,12-18H2,(H,26,32). The number of nitrogens with zero attached hydrogens (tertiary/aromatic N) is 5. The van der Waals surface area contributed by atoms with E-state index in [9.17, 15) is 9.59 Å². The summed E-state index contributed by atoms with van der Waals surface area (Å²) in [5.41, 5.74) is 1.68. The van der Waals surface area contributed by atoms with E-state index in [0.717, 1.165) is 30.7 Å². The molecule has 0 radical (unpaired) electrons. The highest BCUT2D eigenvalue weighted by Gasteiger charge is 2.17. The first kappa shape index (κ1) is 21.3. The Balaban J connectivity index is 1.39. The molecule has 0 aliphatic carbocycles. The Morgan fingerprint density at radius 1 is 0.970 bits per heavy atom. The molecule has 8 heteroatoms. The van der Waals surface area contributed by atoms with Gasteiger partial charge in [0.1, 0.15) is 5.82 Å². The van der Waals surface area contributed by atoms with Crippen LogP contribution in [0.3, 0.4) is 0 Å². The number of likely N-dealkylation sites (tertiary alicyclic amines) is 1. The first-order chi connectivity index (χ1) is 16.2. The van der Waals surface area contributed by atoms with E-state index in [-0.39, 0.29) is 11.5 Å². The van der Waals surface area contributed by atoms with Gasteiger partial charge in [0, 0.05) is 25.9 Å². The summed E-state index contributed by atoms with van der Waals surface area (Å²) in [5.74, 6) is 1.18. The lowest BCUT2D eigenvalue weighted by atomic mass is 10.2. The molecule has 1 fully saturated rings. The second-order valence-electron chi connectivity index (χ2n) is 8.54. The van der Waals surface area contributed by atoms with Gasteiger partial charge in [0.15, 0.2) is 0 Å². The maximum Gasteiger partial charge on any atom is 0.263 e. The number of fused-ring (bicyclic) bond motifs is 3. The molecule has 4 aromatic rings. The van der Waals surface area contributed by atoms with Crippen molar-refractivity contribution >= 4 is 22.6 Å². The Labute approximate surface area is 191 Å². The fourth-order valence-corrected chi connectivity index (χ4v) is 4.56. The third-order valence-electron chi connectivity index (χ3n) is 6.28. The molecule has 2 aromatic carbocycles. The molecule has 0 saturated carbocycles. The molecule has 1 aliphatic heterocycles. The van der Waals surface area contributed by atoms with Crippen LogP contribution in [0.15, 0.2) is 59.4 Å². The van der Waals surface area contributed by atoms with Crippen molar-refractivity contribution in [3.63, 3.8) is 0 Å². The molecule has 0 atom stereocenters. The van der Waals surface area contributed by atoms with E-state index < -0.39 is 0 Å². The lowest BCUT2D eigenvalue weighted by molar-refractivity contribution is -0.121. The Kier molecular flexibility index (Phi) is 6.17. The summed E-state index contributed by atoms with van der Waals surface area (Å²) in [6.07, 6.45) is 3.27. The number of nitrogens with one attached hydrogen (secondary N) is 1. The molecule has 0 unspecified atom stereocenters. The van der Waals surface area contributed by atoms with E-state index in [4.69, 9.17) is 0 Å². The maximum atomic E-state index is 13.3. The minimum absolute atomic E-state index is 0.00728. The fourth-order valence-electron chi connectivity index (χ4n) is 4.56. The summed E-state index contributed by atoms with van der Waals surface area (Å²) in [4.78, 5) is 28.1. The van der Waals surface area contributed by atoms with Crippen LogP contribution in [0.4, 0.5) is 0 Å². The van der Waals surface area contributed by atoms with Crippen molar-refractivity contribution < 1.29 is 4.79 Å². The Hall–Kier alpha value is -3.52. The molecular formula is C25H28N6O2. The average Bonchev–Trinajstić information content (AvgIpc) is 3.51. The fraction of sp³-hybridized carbons (Fsp3) is 0.360. The molecule has 5 rings (SSSR count). The van der Waals surface area contributed by atoms with Gasteiger partial charge >= 0.3 is 0 Å². The summed E-state index contributed by atoms with van der Waals surface area (Å²) >= 11 is 0. The Morgan fingerprint density at radius 2 is 1.73 bits per heavy atom. The van der Waals surface area contributed by atoms with E-state index in [2.05, 4.69) is 20.4 Å². The number of aryl methyl sites for hydroxylation is 1. The van der Waals surface area contributed by atoms with Crippen LogP contribution in [-0.2, 0) is 17.8 Å². The van der Waals surface area contributed by atoms with Gasteiger partial charge in [-0.05, 0) is 43.6 Å². The number of aromatic nitrogens is 4. The molecule has 2 aromatic heterocycles. The molecule has 0 spiro atoms. The summed E-state index contributed by atoms with van der Waals surface area (Å²) in [6, 6.07) is 17.3. The van der Waals surface area contributed by atoms with Gasteiger partial charge < -0.3 is 10.2 Å². The third-order valence-corrected chi connectivity index (χ3v) is 6.28. The predicted molar refractivity (Wildman–Crippen MR) is 127 cm³/mol. The summed E-state index contributed by atoms with van der Waals surface area (Å²) in [6.45, 7) is 4.22. The van der Waals surface area contributed by atoms with Crippen LogP contribution < -0.4 is 10.9 Å². The highest BCUT2D eigenvalue weighted by atomic mass is 16.1. The Bertz CT molecular complexity index is 1320. The summed E-state index contributed by atoms with van der Waals surface area (Å²) in [7, 11) is 0. The molecule has 1 saturated heterocycles. The van der Waals surface area contributed by atoms with Gasteiger partial charge in [0.25, 0.3) is 5.56 Å². The van der Waals surface area contributed by atoms with E-state index >= 15 is 0 Å². The first-order valence-electron chi connectivity index (χ1n) is 11.6. The number of amides is 1. The number of hydrogen-bond acceptors (Lipinski definition) is 5. The monoisotopic (exact) mass is 444 g/mol. The largest absolute Gasteiger partial charge is 0.355 e. The van der Waals surface area contributed by atoms with E-state index in [1.165, 1.54) is 12.8 Å². The molecular weight excluding hydrogens is 416 g/mol. The lowest BCUT2D eigenvalue weighted by Crippen LogP contribution is -2.33. The molecule has 0 bridgehead atoms. The number of rotatable bonds is 8. The zero-order valence-corrected chi connectivity index (χ0v) is 18.6. The third kappa shape index (κ3) is 4.52. The smallest absolute Gasteiger partial charge is 0.263 e. The van der Waals surface area contributed by atoms with Gasteiger partial charge in [-0.15, -0.1) is 10.2 Å². The van der Waals surface area contributed by atoms with Crippen LogP contribution in [0, 0.1) is 0 Å². The van der Waals surface area contributed by atoms with Crippen molar-refractivity contribution in [2.24, 2.45) is 0 Å². The maximum absolute atomic E-state index is 13.3. The van der Waals surface area contributed by atoms with Gasteiger partial charge in [0.05, 0.1) is 17.4 Å². The summed E-state index contributed by atoms with van der Waals surface area (Å²) < 4.78 is 3.57. The zero-order valence-electron chi connectivity index (χ0n) is 18.6. The highest BCUT2D eigenvalue weighted by Crippen LogP contribution is 2.16. The molecule has 1 amide bonds. The van der Waals surface area contributed by atoms with Crippen LogP contribution in [0.5, 0.6) is 0 Å². The van der Waals surface area contributed by atoms with Crippen LogP contribution in [0.1, 0.15) is 30.7 Å². The van der Waals surface area contributed by atoms with Gasteiger partial charge in [-0.25, -0.2) is 0 Å². The van der Waals surface area contributed by atoms with Crippen LogP contribution in [0.25, 0.3) is 16.7 Å². The Morgan fingerprint density at radius 3 is 2.55 bits per heavy atom. The summed E-state index contributed by atoms with van der Waals surface area (Å²) in [5, 5.41) is 12.4. The number of para-hydroxylation sites is 1. The van der Waals surface area contributed by atoms with Crippen molar-refractivity contribution in [3.8, 4) is 0 Å². The van der Waals surface area contributed by atoms with Crippen molar-refractivity contribution in [2.45, 2.75) is 32.2 Å². The predicted octanol–water partition coefficient (Wildman–Crippen LogP) is 2.24. The van der Waals surface area contributed by atoms with Crippen LogP contribution >= 0.6 is 0 Å². The van der Waals surface area contributed by atoms with E-state index in [1.54, 1.807) is 4.57 Å².